The van der Waals surface area contributed by atoms with Crippen LogP contribution in [-0.4, -0.2) is 19.0 Å². The van der Waals surface area contributed by atoms with Gasteiger partial charge in [-0.05, 0) is 38.4 Å². The number of hydrogen-bond donors (Lipinski definition) is 2. The van der Waals surface area contributed by atoms with Gasteiger partial charge in [-0.3, -0.25) is 4.79 Å². The molecule has 1 aromatic heterocycles. The average Bonchev–Trinajstić information content (AvgIpc) is 2.79. The topological polar surface area (TPSA) is 54.3 Å². The third-order valence-electron chi connectivity index (χ3n) is 3.15. The summed E-state index contributed by atoms with van der Waals surface area (Å²) in [4.78, 5) is 12.0. The molecule has 0 saturated carbocycles. The average molecular weight is 259 g/mol. The summed E-state index contributed by atoms with van der Waals surface area (Å²) in [6.07, 6.45) is 3.63. The van der Waals surface area contributed by atoms with Crippen LogP contribution in [0.2, 0.25) is 0 Å². The molecular formula is C12H19ClN2O2. The van der Waals surface area contributed by atoms with Gasteiger partial charge in [-0.2, -0.15) is 0 Å². The fraction of sp³-hybridized carbons (Fsp3) is 0.583. The van der Waals surface area contributed by atoms with Crippen LogP contribution >= 0.6 is 12.4 Å². The Bertz CT molecular complexity index is 345. The highest BCUT2D eigenvalue weighted by Gasteiger charge is 2.34. The minimum atomic E-state index is -0.273. The van der Waals surface area contributed by atoms with E-state index in [1.54, 1.807) is 6.26 Å². The summed E-state index contributed by atoms with van der Waals surface area (Å²) < 4.78 is 5.17. The van der Waals surface area contributed by atoms with Gasteiger partial charge < -0.3 is 15.1 Å². The third-order valence-corrected chi connectivity index (χ3v) is 3.15. The van der Waals surface area contributed by atoms with E-state index >= 15 is 0 Å². The molecule has 1 aliphatic heterocycles. The van der Waals surface area contributed by atoms with Crippen molar-refractivity contribution >= 4 is 18.3 Å². The molecule has 1 fully saturated rings. The van der Waals surface area contributed by atoms with E-state index in [0.29, 0.717) is 6.54 Å². The monoisotopic (exact) mass is 258 g/mol. The maximum atomic E-state index is 12.0. The van der Waals surface area contributed by atoms with Crippen LogP contribution in [0, 0.1) is 5.41 Å². The van der Waals surface area contributed by atoms with Crippen LogP contribution in [0.1, 0.15) is 25.5 Å². The van der Waals surface area contributed by atoms with E-state index in [-0.39, 0.29) is 23.7 Å². The molecular weight excluding hydrogens is 240 g/mol. The smallest absolute Gasteiger partial charge is 0.227 e. The molecule has 1 aromatic rings. The van der Waals surface area contributed by atoms with Gasteiger partial charge in [-0.15, -0.1) is 12.4 Å². The molecule has 1 saturated heterocycles. The molecule has 2 rings (SSSR count). The van der Waals surface area contributed by atoms with Crippen LogP contribution in [0.4, 0.5) is 0 Å². The van der Waals surface area contributed by atoms with Crippen molar-refractivity contribution in [1.29, 1.82) is 0 Å². The molecule has 1 aliphatic rings. The zero-order valence-electron chi connectivity index (χ0n) is 9.99. The number of carbonyl (C=O) groups is 1. The molecule has 2 N–H and O–H groups in total. The molecule has 0 aromatic carbocycles. The van der Waals surface area contributed by atoms with Crippen LogP contribution in [0.3, 0.4) is 0 Å². The van der Waals surface area contributed by atoms with Gasteiger partial charge in [0.05, 0.1) is 18.2 Å². The van der Waals surface area contributed by atoms with Gasteiger partial charge in [0.25, 0.3) is 0 Å². The number of nitrogens with one attached hydrogen (secondary N) is 2. The molecule has 96 valence electrons. The van der Waals surface area contributed by atoms with Crippen molar-refractivity contribution in [2.24, 2.45) is 5.41 Å². The zero-order valence-corrected chi connectivity index (χ0v) is 10.8. The van der Waals surface area contributed by atoms with Gasteiger partial charge in [0.1, 0.15) is 5.76 Å². The molecule has 1 atom stereocenters. The Morgan fingerprint density at radius 2 is 2.47 bits per heavy atom. The lowest BCUT2D eigenvalue weighted by atomic mass is 9.82. The molecule has 5 heteroatoms. The first-order chi connectivity index (χ1) is 7.71. The Labute approximate surface area is 108 Å². The molecule has 0 spiro atoms. The van der Waals surface area contributed by atoms with E-state index in [2.05, 4.69) is 10.6 Å². The van der Waals surface area contributed by atoms with Gasteiger partial charge >= 0.3 is 0 Å². The van der Waals surface area contributed by atoms with Gasteiger partial charge in [0, 0.05) is 6.54 Å². The number of piperidine rings is 1. The van der Waals surface area contributed by atoms with Crippen molar-refractivity contribution in [1.82, 2.24) is 10.6 Å². The molecule has 0 aliphatic carbocycles. The number of furan rings is 1. The summed E-state index contributed by atoms with van der Waals surface area (Å²) in [5.74, 6) is 0.900. The van der Waals surface area contributed by atoms with E-state index in [1.807, 2.05) is 19.1 Å². The largest absolute Gasteiger partial charge is 0.467 e. The van der Waals surface area contributed by atoms with Crippen LogP contribution in [0.15, 0.2) is 22.8 Å². The fourth-order valence-electron chi connectivity index (χ4n) is 2.04. The maximum absolute atomic E-state index is 12.0. The minimum absolute atomic E-state index is 0. The van der Waals surface area contributed by atoms with Crippen LogP contribution in [-0.2, 0) is 11.3 Å². The second-order valence-electron chi connectivity index (χ2n) is 4.60. The second-order valence-corrected chi connectivity index (χ2v) is 4.60. The summed E-state index contributed by atoms with van der Waals surface area (Å²) in [5, 5.41) is 6.19. The third kappa shape index (κ3) is 3.48. The molecule has 1 unspecified atom stereocenters. The number of rotatable bonds is 3. The minimum Gasteiger partial charge on any atom is -0.467 e. The lowest BCUT2D eigenvalue weighted by Gasteiger charge is -2.32. The first-order valence-corrected chi connectivity index (χ1v) is 5.72. The molecule has 2 heterocycles. The van der Waals surface area contributed by atoms with Crippen molar-refractivity contribution in [3.63, 3.8) is 0 Å². The van der Waals surface area contributed by atoms with Gasteiger partial charge in [-0.1, -0.05) is 0 Å². The second kappa shape index (κ2) is 6.07. The highest BCUT2D eigenvalue weighted by atomic mass is 35.5. The first-order valence-electron chi connectivity index (χ1n) is 5.72. The summed E-state index contributed by atoms with van der Waals surface area (Å²) in [5.41, 5.74) is -0.273. The van der Waals surface area contributed by atoms with Gasteiger partial charge in [0.2, 0.25) is 5.91 Å². The molecule has 17 heavy (non-hydrogen) atoms. The molecule has 4 nitrogen and oxygen atoms in total. The lowest BCUT2D eigenvalue weighted by molar-refractivity contribution is -0.131. The highest BCUT2D eigenvalue weighted by Crippen LogP contribution is 2.25. The molecule has 1 amide bonds. The summed E-state index contributed by atoms with van der Waals surface area (Å²) >= 11 is 0. The van der Waals surface area contributed by atoms with Crippen LogP contribution < -0.4 is 10.6 Å². The quantitative estimate of drug-likeness (QED) is 0.868. The van der Waals surface area contributed by atoms with E-state index in [1.165, 1.54) is 0 Å². The van der Waals surface area contributed by atoms with Crippen molar-refractivity contribution in [2.75, 3.05) is 13.1 Å². The fourth-order valence-corrected chi connectivity index (χ4v) is 2.04. The van der Waals surface area contributed by atoms with Crippen LogP contribution in [0.5, 0.6) is 0 Å². The number of halogens is 1. The number of amides is 1. The van der Waals surface area contributed by atoms with E-state index in [0.717, 1.165) is 31.7 Å². The van der Waals surface area contributed by atoms with Gasteiger partial charge in [-0.25, -0.2) is 0 Å². The number of hydrogen-bond acceptors (Lipinski definition) is 3. The summed E-state index contributed by atoms with van der Waals surface area (Å²) in [7, 11) is 0. The maximum Gasteiger partial charge on any atom is 0.227 e. The SMILES string of the molecule is CC1(C(=O)NCc2ccco2)CCCNC1.Cl. The first kappa shape index (κ1) is 14.1. The normalized spacial score (nSPS) is 23.8. The Morgan fingerprint density at radius 1 is 1.65 bits per heavy atom. The lowest BCUT2D eigenvalue weighted by Crippen LogP contribution is -2.48. The Balaban J connectivity index is 0.00000144. The van der Waals surface area contributed by atoms with E-state index < -0.39 is 0 Å². The number of carbonyl (C=O) groups excluding carboxylic acids is 1. The van der Waals surface area contributed by atoms with Gasteiger partial charge in [0.15, 0.2) is 0 Å². The Morgan fingerprint density at radius 3 is 3.06 bits per heavy atom. The van der Waals surface area contributed by atoms with Crippen molar-refractivity contribution in [2.45, 2.75) is 26.3 Å². The van der Waals surface area contributed by atoms with Crippen molar-refractivity contribution in [3.8, 4) is 0 Å². The van der Waals surface area contributed by atoms with E-state index in [9.17, 15) is 4.79 Å². The molecule has 0 bridgehead atoms. The predicted octanol–water partition coefficient (Wildman–Crippen LogP) is 1.71. The van der Waals surface area contributed by atoms with Crippen LogP contribution in [0.25, 0.3) is 0 Å². The predicted molar refractivity (Wildman–Crippen MR) is 68.0 cm³/mol. The Hall–Kier alpha value is -1.00. The standard InChI is InChI=1S/C12H18N2O2.ClH/c1-12(5-3-6-13-9-12)11(15)14-8-10-4-2-7-16-10;/h2,4,7,13H,3,5-6,8-9H2,1H3,(H,14,15);1H. The van der Waals surface area contributed by atoms with Crippen molar-refractivity contribution < 1.29 is 9.21 Å². The zero-order chi connectivity index (χ0) is 11.4. The summed E-state index contributed by atoms with van der Waals surface area (Å²) in [6, 6.07) is 3.69. The van der Waals surface area contributed by atoms with Crippen molar-refractivity contribution in [3.05, 3.63) is 24.2 Å². The van der Waals surface area contributed by atoms with E-state index in [4.69, 9.17) is 4.42 Å². The summed E-state index contributed by atoms with van der Waals surface area (Å²) in [6.45, 7) is 4.26. The molecule has 0 radical (unpaired) electrons. The Kier molecular flexibility index (Phi) is 5.02. The highest BCUT2D eigenvalue weighted by molar-refractivity contribution is 5.85.